The first-order valence-corrected chi connectivity index (χ1v) is 12.0. The third kappa shape index (κ3) is 3.71. The molecule has 0 unspecified atom stereocenters. The Kier molecular flexibility index (Phi) is 4.99. The van der Waals surface area contributed by atoms with Crippen LogP contribution in [0, 0.1) is 0 Å². The van der Waals surface area contributed by atoms with Gasteiger partial charge in [0, 0.05) is 49.9 Å². The van der Waals surface area contributed by atoms with Crippen LogP contribution in [-0.2, 0) is 17.1 Å². The molecule has 3 heterocycles. The van der Waals surface area contributed by atoms with Crippen LogP contribution in [-0.4, -0.2) is 64.5 Å². The first-order valence-electron chi connectivity index (χ1n) is 10.2. The van der Waals surface area contributed by atoms with Gasteiger partial charge >= 0.3 is 0 Å². The molecule has 0 bridgehead atoms. The molecule has 3 aromatic rings. The zero-order chi connectivity index (χ0) is 21.8. The fraction of sp³-hybridized carbons (Fsp3) is 0.381. The Labute approximate surface area is 185 Å². The minimum atomic E-state index is -3.62. The lowest BCUT2D eigenvalue weighted by Crippen LogP contribution is -2.50. The quantitative estimate of drug-likeness (QED) is 0.598. The minimum Gasteiger partial charge on any atom is -0.336 e. The number of amides is 1. The van der Waals surface area contributed by atoms with Crippen LogP contribution in [0.2, 0.25) is 5.02 Å². The molecular formula is C21H22ClN5O3S. The summed E-state index contributed by atoms with van der Waals surface area (Å²) in [6.45, 7) is 1.14. The van der Waals surface area contributed by atoms with Gasteiger partial charge in [-0.1, -0.05) is 11.6 Å². The zero-order valence-corrected chi connectivity index (χ0v) is 18.6. The first-order chi connectivity index (χ1) is 14.8. The minimum absolute atomic E-state index is 0.106. The van der Waals surface area contributed by atoms with Crippen LogP contribution < -0.4 is 0 Å². The van der Waals surface area contributed by atoms with Crippen molar-refractivity contribution in [1.82, 2.24) is 24.0 Å². The van der Waals surface area contributed by atoms with E-state index in [1.54, 1.807) is 27.9 Å². The van der Waals surface area contributed by atoms with Crippen molar-refractivity contribution < 1.29 is 13.2 Å². The lowest BCUT2D eigenvalue weighted by atomic mass is 10.1. The van der Waals surface area contributed by atoms with E-state index in [9.17, 15) is 13.2 Å². The maximum absolute atomic E-state index is 13.4. The maximum atomic E-state index is 13.4. The van der Waals surface area contributed by atoms with Crippen LogP contribution in [0.25, 0.3) is 11.0 Å². The molecule has 0 radical (unpaired) electrons. The monoisotopic (exact) mass is 459 g/mol. The zero-order valence-electron chi connectivity index (χ0n) is 17.0. The van der Waals surface area contributed by atoms with Crippen LogP contribution >= 0.6 is 11.6 Å². The Hall–Kier alpha value is -2.49. The molecule has 0 atom stereocenters. The Morgan fingerprint density at radius 2 is 1.77 bits per heavy atom. The Morgan fingerprint density at radius 3 is 2.42 bits per heavy atom. The van der Waals surface area contributed by atoms with Gasteiger partial charge in [-0.3, -0.25) is 9.48 Å². The fourth-order valence-corrected chi connectivity index (χ4v) is 5.50. The van der Waals surface area contributed by atoms with Gasteiger partial charge in [-0.15, -0.1) is 0 Å². The fourth-order valence-electron chi connectivity index (χ4n) is 3.96. The molecule has 1 saturated carbocycles. The molecule has 162 valence electrons. The van der Waals surface area contributed by atoms with Gasteiger partial charge in [0.25, 0.3) is 5.91 Å². The second-order valence-electron chi connectivity index (χ2n) is 8.02. The van der Waals surface area contributed by atoms with Crippen LogP contribution in [0.1, 0.15) is 34.8 Å². The first kappa shape index (κ1) is 20.4. The number of hydrogen-bond donors (Lipinski definition) is 0. The molecular weight excluding hydrogens is 438 g/mol. The van der Waals surface area contributed by atoms with Crippen molar-refractivity contribution in [3.63, 3.8) is 0 Å². The average Bonchev–Trinajstić information content (AvgIpc) is 3.56. The predicted octanol–water partition coefficient (Wildman–Crippen LogP) is 2.65. The third-order valence-corrected chi connectivity index (χ3v) is 8.09. The molecule has 1 aromatic carbocycles. The van der Waals surface area contributed by atoms with Gasteiger partial charge in [-0.25, -0.2) is 13.4 Å². The standard InChI is InChI=1S/C21H22ClN5O3S/c1-25-20-18(13-23-25)17(12-19(24-20)14-2-3-14)21(28)26-8-10-27(11-9-26)31(29,30)16-6-4-15(22)5-7-16/h4-7,12-14H,2-3,8-11H2,1H3. The van der Waals surface area contributed by atoms with Crippen LogP contribution in [0.3, 0.4) is 0 Å². The number of benzene rings is 1. The number of fused-ring (bicyclic) bond motifs is 1. The summed E-state index contributed by atoms with van der Waals surface area (Å²) < 4.78 is 28.9. The third-order valence-electron chi connectivity index (χ3n) is 5.93. The Morgan fingerprint density at radius 1 is 1.10 bits per heavy atom. The van der Waals surface area contributed by atoms with Gasteiger partial charge in [-0.2, -0.15) is 9.40 Å². The number of piperazine rings is 1. The summed E-state index contributed by atoms with van der Waals surface area (Å²) in [5.41, 5.74) is 2.23. The lowest BCUT2D eigenvalue weighted by molar-refractivity contribution is 0.0699. The predicted molar refractivity (Wildman–Crippen MR) is 117 cm³/mol. The second-order valence-corrected chi connectivity index (χ2v) is 10.4. The second kappa shape index (κ2) is 7.58. The maximum Gasteiger partial charge on any atom is 0.254 e. The SMILES string of the molecule is Cn1ncc2c(C(=O)N3CCN(S(=O)(=O)c4ccc(Cl)cc4)CC3)cc(C3CC3)nc21. The van der Waals surface area contributed by atoms with Crippen molar-refractivity contribution in [1.29, 1.82) is 0 Å². The molecule has 2 aromatic heterocycles. The molecule has 2 aliphatic rings. The number of aromatic nitrogens is 3. The highest BCUT2D eigenvalue weighted by molar-refractivity contribution is 7.89. The van der Waals surface area contributed by atoms with Gasteiger partial charge in [-0.05, 0) is 43.2 Å². The Balaban J connectivity index is 1.36. The number of rotatable bonds is 4. The van der Waals surface area contributed by atoms with Crippen LogP contribution in [0.5, 0.6) is 0 Å². The summed E-state index contributed by atoms with van der Waals surface area (Å²) in [6.07, 6.45) is 3.85. The highest BCUT2D eigenvalue weighted by Crippen LogP contribution is 2.40. The molecule has 2 fully saturated rings. The topological polar surface area (TPSA) is 88.4 Å². The lowest BCUT2D eigenvalue weighted by Gasteiger charge is -2.34. The summed E-state index contributed by atoms with van der Waals surface area (Å²) in [5, 5.41) is 5.49. The van der Waals surface area contributed by atoms with E-state index < -0.39 is 10.0 Å². The van der Waals surface area contributed by atoms with Gasteiger partial charge < -0.3 is 4.90 Å². The van der Waals surface area contributed by atoms with Gasteiger partial charge in [0.2, 0.25) is 10.0 Å². The van der Waals surface area contributed by atoms with E-state index in [4.69, 9.17) is 16.6 Å². The smallest absolute Gasteiger partial charge is 0.254 e. The number of aryl methyl sites for hydroxylation is 1. The van der Waals surface area contributed by atoms with E-state index in [-0.39, 0.29) is 23.9 Å². The number of carbonyl (C=O) groups excluding carboxylic acids is 1. The number of carbonyl (C=O) groups is 1. The number of pyridine rings is 1. The highest BCUT2D eigenvalue weighted by atomic mass is 35.5. The molecule has 1 aliphatic heterocycles. The average molecular weight is 460 g/mol. The van der Waals surface area contributed by atoms with Gasteiger partial charge in [0.05, 0.1) is 22.0 Å². The van der Waals surface area contributed by atoms with Crippen molar-refractivity contribution in [3.05, 3.63) is 52.8 Å². The van der Waals surface area contributed by atoms with Crippen molar-refractivity contribution in [2.45, 2.75) is 23.7 Å². The summed E-state index contributed by atoms with van der Waals surface area (Å²) in [5.74, 6) is 0.304. The number of hydrogen-bond acceptors (Lipinski definition) is 5. The highest BCUT2D eigenvalue weighted by Gasteiger charge is 2.32. The van der Waals surface area contributed by atoms with Crippen molar-refractivity contribution in [2.75, 3.05) is 26.2 Å². The van der Waals surface area contributed by atoms with Crippen molar-refractivity contribution in [2.24, 2.45) is 7.05 Å². The van der Waals surface area contributed by atoms with Crippen LogP contribution in [0.15, 0.2) is 41.4 Å². The molecule has 31 heavy (non-hydrogen) atoms. The molecule has 1 amide bonds. The molecule has 1 aliphatic carbocycles. The molecule has 0 spiro atoms. The van der Waals surface area contributed by atoms with E-state index in [0.717, 1.165) is 23.9 Å². The summed E-state index contributed by atoms with van der Waals surface area (Å²) in [4.78, 5) is 20.0. The van der Waals surface area contributed by atoms with Gasteiger partial charge in [0.1, 0.15) is 0 Å². The van der Waals surface area contributed by atoms with Crippen molar-refractivity contribution in [3.8, 4) is 0 Å². The molecule has 5 rings (SSSR count). The molecule has 10 heteroatoms. The largest absolute Gasteiger partial charge is 0.336 e. The number of sulfonamides is 1. The normalized spacial score (nSPS) is 17.9. The molecule has 0 N–H and O–H groups in total. The van der Waals surface area contributed by atoms with E-state index in [1.807, 2.05) is 13.1 Å². The van der Waals surface area contributed by atoms with Gasteiger partial charge in [0.15, 0.2) is 5.65 Å². The molecule has 1 saturated heterocycles. The summed E-state index contributed by atoms with van der Waals surface area (Å²) in [7, 11) is -1.80. The molecule has 8 nitrogen and oxygen atoms in total. The van der Waals surface area contributed by atoms with E-state index >= 15 is 0 Å². The van der Waals surface area contributed by atoms with Crippen molar-refractivity contribution >= 4 is 38.6 Å². The number of halogens is 1. The Bertz CT molecular complexity index is 1260. The van der Waals surface area contributed by atoms with E-state index in [1.165, 1.54) is 16.4 Å². The summed E-state index contributed by atoms with van der Waals surface area (Å²) >= 11 is 5.87. The summed E-state index contributed by atoms with van der Waals surface area (Å²) in [6, 6.07) is 8.03. The van der Waals surface area contributed by atoms with Crippen LogP contribution in [0.4, 0.5) is 0 Å². The van der Waals surface area contributed by atoms with E-state index in [0.29, 0.717) is 35.2 Å². The number of nitrogens with zero attached hydrogens (tertiary/aromatic N) is 5. The van der Waals surface area contributed by atoms with E-state index in [2.05, 4.69) is 5.10 Å².